The summed E-state index contributed by atoms with van der Waals surface area (Å²) in [6.45, 7) is 0.404. The second kappa shape index (κ2) is 3.60. The molecule has 17 heavy (non-hydrogen) atoms. The van der Waals surface area contributed by atoms with Gasteiger partial charge in [-0.05, 0) is 6.07 Å². The van der Waals surface area contributed by atoms with E-state index in [1.165, 1.54) is 5.01 Å². The minimum absolute atomic E-state index is 0.404. The van der Waals surface area contributed by atoms with Crippen molar-refractivity contribution in [1.82, 2.24) is 10.5 Å². The topological polar surface area (TPSA) is 74.0 Å². The molecule has 0 atom stereocenters. The Bertz CT molecular complexity index is 536. The smallest absolute Gasteiger partial charge is 0.330 e. The van der Waals surface area contributed by atoms with Crippen molar-refractivity contribution in [2.24, 2.45) is 10.7 Å². The number of hydrogen-bond donors (Lipinski definition) is 2. The number of urea groups is 1. The van der Waals surface area contributed by atoms with Crippen molar-refractivity contribution in [2.45, 2.75) is 0 Å². The molecule has 1 fully saturated rings. The Hall–Kier alpha value is -2.34. The van der Waals surface area contributed by atoms with Gasteiger partial charge in [0.05, 0.1) is 17.9 Å². The van der Waals surface area contributed by atoms with E-state index < -0.39 is 6.03 Å². The summed E-state index contributed by atoms with van der Waals surface area (Å²) in [4.78, 5) is 15.3. The van der Waals surface area contributed by atoms with Gasteiger partial charge in [0.25, 0.3) is 0 Å². The molecule has 0 bridgehead atoms. The summed E-state index contributed by atoms with van der Waals surface area (Å²) in [5, 5.41) is 3.15. The van der Waals surface area contributed by atoms with Gasteiger partial charge in [0.1, 0.15) is 0 Å². The number of rotatable bonds is 0. The molecular formula is C11H11N5O. The highest BCUT2D eigenvalue weighted by molar-refractivity contribution is 5.90. The van der Waals surface area contributed by atoms with Gasteiger partial charge >= 0.3 is 6.03 Å². The average Bonchev–Trinajstić information content (AvgIpc) is 2.67. The standard InChI is InChI=1S/C11H11N5O/c12-11(17)15-7-9-6-13-5-8-3-1-2-4-10(8)16(9)14-15/h1-6,14H,7H2,(H2,12,17). The molecule has 1 aromatic rings. The fourth-order valence-electron chi connectivity index (χ4n) is 1.89. The third-order valence-corrected chi connectivity index (χ3v) is 2.71. The molecule has 0 unspecified atom stereocenters. The van der Waals surface area contributed by atoms with Crippen molar-refractivity contribution >= 4 is 17.9 Å². The molecule has 3 rings (SSSR count). The SMILES string of the molecule is NC(=O)N1CC2=CN=Cc3ccccc3N2N1. The third kappa shape index (κ3) is 1.55. The summed E-state index contributed by atoms with van der Waals surface area (Å²) in [5.41, 5.74) is 11.0. The van der Waals surface area contributed by atoms with Crippen molar-refractivity contribution in [2.75, 3.05) is 11.6 Å². The van der Waals surface area contributed by atoms with Crippen LogP contribution in [0.5, 0.6) is 0 Å². The van der Waals surface area contributed by atoms with Gasteiger partial charge in [0.2, 0.25) is 0 Å². The highest BCUT2D eigenvalue weighted by Crippen LogP contribution is 2.26. The molecule has 2 heterocycles. The first kappa shape index (κ1) is 9.86. The van der Waals surface area contributed by atoms with Gasteiger partial charge in [-0.15, -0.1) is 5.53 Å². The van der Waals surface area contributed by atoms with E-state index in [1.807, 2.05) is 29.3 Å². The van der Waals surface area contributed by atoms with E-state index in [1.54, 1.807) is 12.4 Å². The van der Waals surface area contributed by atoms with Crippen LogP contribution in [0.25, 0.3) is 0 Å². The number of carbonyl (C=O) groups is 1. The first-order valence-electron chi connectivity index (χ1n) is 5.20. The second-order valence-electron chi connectivity index (χ2n) is 3.82. The predicted octanol–water partition coefficient (Wildman–Crippen LogP) is 0.581. The van der Waals surface area contributed by atoms with Gasteiger partial charge in [0, 0.05) is 18.0 Å². The van der Waals surface area contributed by atoms with Crippen molar-refractivity contribution in [3.05, 3.63) is 41.7 Å². The molecule has 6 heteroatoms. The Morgan fingerprint density at radius 3 is 3.06 bits per heavy atom. The Morgan fingerprint density at radius 1 is 1.41 bits per heavy atom. The van der Waals surface area contributed by atoms with Gasteiger partial charge < -0.3 is 5.73 Å². The average molecular weight is 229 g/mol. The first-order valence-corrected chi connectivity index (χ1v) is 5.20. The highest BCUT2D eigenvalue weighted by atomic mass is 16.2. The Labute approximate surface area is 98.0 Å². The molecule has 3 N–H and O–H groups in total. The molecule has 1 aromatic carbocycles. The van der Waals surface area contributed by atoms with E-state index in [2.05, 4.69) is 10.5 Å². The van der Waals surface area contributed by atoms with E-state index in [0.717, 1.165) is 16.9 Å². The van der Waals surface area contributed by atoms with Crippen LogP contribution in [0, 0.1) is 0 Å². The lowest BCUT2D eigenvalue weighted by Crippen LogP contribution is -2.45. The van der Waals surface area contributed by atoms with Gasteiger partial charge in [-0.2, -0.15) is 0 Å². The molecule has 0 radical (unpaired) electrons. The molecule has 2 aliphatic rings. The Balaban J connectivity index is 2.04. The zero-order valence-corrected chi connectivity index (χ0v) is 9.00. The predicted molar refractivity (Wildman–Crippen MR) is 64.0 cm³/mol. The number of amides is 2. The summed E-state index contributed by atoms with van der Waals surface area (Å²) in [6, 6.07) is 7.28. The van der Waals surface area contributed by atoms with E-state index in [9.17, 15) is 4.79 Å². The third-order valence-electron chi connectivity index (χ3n) is 2.71. The molecule has 2 aliphatic heterocycles. The van der Waals surface area contributed by atoms with Crippen molar-refractivity contribution in [1.29, 1.82) is 0 Å². The second-order valence-corrected chi connectivity index (χ2v) is 3.82. The van der Waals surface area contributed by atoms with E-state index in [0.29, 0.717) is 6.54 Å². The number of nitrogens with two attached hydrogens (primary N) is 1. The van der Waals surface area contributed by atoms with Crippen LogP contribution < -0.4 is 16.3 Å². The maximum absolute atomic E-state index is 11.1. The number of hydrazine groups is 2. The zero-order valence-electron chi connectivity index (χ0n) is 9.00. The van der Waals surface area contributed by atoms with Crippen LogP contribution in [-0.2, 0) is 0 Å². The van der Waals surface area contributed by atoms with Gasteiger partial charge in [-0.1, -0.05) is 18.2 Å². The van der Waals surface area contributed by atoms with Crippen LogP contribution in [0.4, 0.5) is 10.5 Å². The van der Waals surface area contributed by atoms with Crippen LogP contribution in [0.2, 0.25) is 0 Å². The number of nitrogens with zero attached hydrogens (tertiary/aromatic N) is 3. The fraction of sp³-hybridized carbons (Fsp3) is 0.0909. The maximum atomic E-state index is 11.1. The van der Waals surface area contributed by atoms with Gasteiger partial charge in [-0.25, -0.2) is 9.80 Å². The number of aliphatic imine (C=N–C) groups is 1. The monoisotopic (exact) mass is 229 g/mol. The summed E-state index contributed by atoms with van der Waals surface area (Å²) < 4.78 is 0. The lowest BCUT2D eigenvalue weighted by Gasteiger charge is -2.20. The van der Waals surface area contributed by atoms with E-state index in [-0.39, 0.29) is 0 Å². The number of primary amides is 1. The summed E-state index contributed by atoms with van der Waals surface area (Å²) in [7, 11) is 0. The fourth-order valence-corrected chi connectivity index (χ4v) is 1.89. The molecule has 86 valence electrons. The molecule has 6 nitrogen and oxygen atoms in total. The van der Waals surface area contributed by atoms with E-state index in [4.69, 9.17) is 5.73 Å². The lowest BCUT2D eigenvalue weighted by atomic mass is 10.2. The molecule has 0 aliphatic carbocycles. The van der Waals surface area contributed by atoms with E-state index >= 15 is 0 Å². The number of fused-ring (bicyclic) bond motifs is 3. The molecule has 2 amide bonds. The lowest BCUT2D eigenvalue weighted by molar-refractivity contribution is 0.200. The van der Waals surface area contributed by atoms with Gasteiger partial charge in [0.15, 0.2) is 0 Å². The maximum Gasteiger partial charge on any atom is 0.330 e. The molecule has 0 spiro atoms. The minimum atomic E-state index is -0.513. The zero-order chi connectivity index (χ0) is 11.8. The first-order chi connectivity index (χ1) is 8.25. The quantitative estimate of drug-likeness (QED) is 0.683. The number of benzene rings is 1. The number of nitrogens with one attached hydrogen (secondary N) is 1. The summed E-state index contributed by atoms with van der Waals surface area (Å²) in [6.07, 6.45) is 3.51. The van der Waals surface area contributed by atoms with Crippen LogP contribution in [0.3, 0.4) is 0 Å². The highest BCUT2D eigenvalue weighted by Gasteiger charge is 2.29. The number of anilines is 1. The van der Waals surface area contributed by atoms with Gasteiger partial charge in [-0.3, -0.25) is 10.0 Å². The minimum Gasteiger partial charge on any atom is -0.350 e. The Kier molecular flexibility index (Phi) is 2.09. The Morgan fingerprint density at radius 2 is 2.24 bits per heavy atom. The molecule has 1 saturated heterocycles. The van der Waals surface area contributed by atoms with Crippen LogP contribution in [0.15, 0.2) is 41.2 Å². The largest absolute Gasteiger partial charge is 0.350 e. The van der Waals surface area contributed by atoms with Crippen molar-refractivity contribution in [3.8, 4) is 0 Å². The normalized spacial score (nSPS) is 17.3. The molecule has 0 saturated carbocycles. The molecular weight excluding hydrogens is 218 g/mol. The number of para-hydroxylation sites is 1. The van der Waals surface area contributed by atoms with Crippen molar-refractivity contribution < 1.29 is 4.79 Å². The van der Waals surface area contributed by atoms with Crippen LogP contribution >= 0.6 is 0 Å². The summed E-state index contributed by atoms with van der Waals surface area (Å²) >= 11 is 0. The van der Waals surface area contributed by atoms with Crippen LogP contribution in [-0.4, -0.2) is 23.8 Å². The van der Waals surface area contributed by atoms with Crippen LogP contribution in [0.1, 0.15) is 5.56 Å². The summed E-state index contributed by atoms with van der Waals surface area (Å²) in [5.74, 6) is 0. The number of hydrogen-bond acceptors (Lipinski definition) is 4. The van der Waals surface area contributed by atoms with Crippen molar-refractivity contribution in [3.63, 3.8) is 0 Å². The molecule has 0 aromatic heterocycles. The number of carbonyl (C=O) groups excluding carboxylic acids is 1.